The molecule has 1 saturated carbocycles. The molecule has 2 aliphatic rings. The van der Waals surface area contributed by atoms with Crippen LogP contribution in [0.1, 0.15) is 32.3 Å². The molecule has 1 aromatic rings. The summed E-state index contributed by atoms with van der Waals surface area (Å²) >= 11 is 0. The quantitative estimate of drug-likeness (QED) is 0.888. The minimum absolute atomic E-state index is 0.351. The molecule has 1 aliphatic carbocycles. The first-order valence-electron chi connectivity index (χ1n) is 6.79. The van der Waals surface area contributed by atoms with Crippen LogP contribution in [0.15, 0.2) is 23.1 Å². The summed E-state index contributed by atoms with van der Waals surface area (Å²) in [5.41, 5.74) is 1.79. The van der Waals surface area contributed by atoms with E-state index in [2.05, 4.69) is 10.0 Å². The second-order valence-electron chi connectivity index (χ2n) is 6.10. The number of fused-ring (bicyclic) bond motifs is 1. The average Bonchev–Trinajstić information content (AvgIpc) is 3.07. The van der Waals surface area contributed by atoms with Crippen LogP contribution < -0.4 is 10.0 Å². The smallest absolute Gasteiger partial charge is 0.241 e. The molecule has 104 valence electrons. The van der Waals surface area contributed by atoms with Gasteiger partial charge in [0.05, 0.1) is 4.90 Å². The van der Waals surface area contributed by atoms with Gasteiger partial charge < -0.3 is 5.32 Å². The van der Waals surface area contributed by atoms with Crippen LogP contribution in [0.2, 0.25) is 0 Å². The Morgan fingerprint density at radius 1 is 1.32 bits per heavy atom. The Kier molecular flexibility index (Phi) is 2.87. The van der Waals surface area contributed by atoms with Gasteiger partial charge in [-0.25, -0.2) is 13.1 Å². The Labute approximate surface area is 114 Å². The molecule has 0 aromatic heterocycles. The van der Waals surface area contributed by atoms with E-state index in [9.17, 15) is 8.42 Å². The van der Waals surface area contributed by atoms with Crippen molar-refractivity contribution < 1.29 is 8.42 Å². The third-order valence-corrected chi connectivity index (χ3v) is 5.76. The molecule has 19 heavy (non-hydrogen) atoms. The zero-order valence-corrected chi connectivity index (χ0v) is 12.2. The van der Waals surface area contributed by atoms with Crippen molar-refractivity contribution in [1.82, 2.24) is 4.72 Å². The molecule has 4 nitrogen and oxygen atoms in total. The normalized spacial score (nSPS) is 19.1. The van der Waals surface area contributed by atoms with Crippen molar-refractivity contribution in [2.45, 2.75) is 43.5 Å². The molecular formula is C14H20N2O2S. The van der Waals surface area contributed by atoms with Crippen molar-refractivity contribution >= 4 is 15.7 Å². The van der Waals surface area contributed by atoms with Gasteiger partial charge in [0.1, 0.15) is 0 Å². The Bertz CT molecular complexity index is 604. The fourth-order valence-corrected chi connectivity index (χ4v) is 4.26. The van der Waals surface area contributed by atoms with Gasteiger partial charge in [0.25, 0.3) is 0 Å². The van der Waals surface area contributed by atoms with Gasteiger partial charge in [-0.05, 0) is 62.8 Å². The molecule has 0 bridgehead atoms. The summed E-state index contributed by atoms with van der Waals surface area (Å²) in [5, 5.41) is 3.24. The standard InChI is InChI=1S/C14H20N2O2S/c1-14(2,11-3-4-11)16-19(17,18)12-5-6-13-10(9-12)7-8-15-13/h5-6,9,11,15-16H,3-4,7-8H2,1-2H3. The summed E-state index contributed by atoms with van der Waals surface area (Å²) in [6.07, 6.45) is 3.12. The van der Waals surface area contributed by atoms with Crippen LogP contribution in [-0.2, 0) is 16.4 Å². The SMILES string of the molecule is CC(C)(NS(=O)(=O)c1ccc2c(c1)CCN2)C1CC1. The number of anilines is 1. The summed E-state index contributed by atoms with van der Waals surface area (Å²) in [6.45, 7) is 4.83. The number of hydrogen-bond donors (Lipinski definition) is 2. The molecule has 0 atom stereocenters. The Balaban J connectivity index is 1.87. The van der Waals surface area contributed by atoms with Gasteiger partial charge in [0.15, 0.2) is 0 Å². The summed E-state index contributed by atoms with van der Waals surface area (Å²) in [4.78, 5) is 0.378. The largest absolute Gasteiger partial charge is 0.384 e. The third kappa shape index (κ3) is 2.49. The van der Waals surface area contributed by atoms with E-state index in [4.69, 9.17) is 0 Å². The molecule has 1 aromatic carbocycles. The molecule has 0 spiro atoms. The van der Waals surface area contributed by atoms with E-state index in [-0.39, 0.29) is 5.54 Å². The molecule has 0 unspecified atom stereocenters. The predicted octanol–water partition coefficient (Wildman–Crippen LogP) is 2.12. The Morgan fingerprint density at radius 3 is 2.74 bits per heavy atom. The van der Waals surface area contributed by atoms with Crippen LogP contribution in [-0.4, -0.2) is 20.5 Å². The second-order valence-corrected chi connectivity index (χ2v) is 7.78. The molecule has 2 N–H and O–H groups in total. The number of nitrogens with one attached hydrogen (secondary N) is 2. The number of sulfonamides is 1. The molecule has 0 radical (unpaired) electrons. The average molecular weight is 280 g/mol. The van der Waals surface area contributed by atoms with Crippen LogP contribution in [0.3, 0.4) is 0 Å². The highest BCUT2D eigenvalue weighted by molar-refractivity contribution is 7.89. The lowest BCUT2D eigenvalue weighted by Gasteiger charge is -2.25. The molecule has 3 rings (SSSR count). The molecular weight excluding hydrogens is 260 g/mol. The van der Waals surface area contributed by atoms with Gasteiger partial charge in [-0.3, -0.25) is 0 Å². The fourth-order valence-electron chi connectivity index (χ4n) is 2.74. The number of hydrogen-bond acceptors (Lipinski definition) is 3. The third-order valence-electron chi connectivity index (χ3n) is 4.09. The van der Waals surface area contributed by atoms with E-state index in [1.54, 1.807) is 12.1 Å². The van der Waals surface area contributed by atoms with Gasteiger partial charge in [0.2, 0.25) is 10.0 Å². The Morgan fingerprint density at radius 2 is 2.05 bits per heavy atom. The summed E-state index contributed by atoms with van der Waals surface area (Å²) in [5.74, 6) is 0.471. The zero-order valence-electron chi connectivity index (χ0n) is 11.4. The molecule has 1 heterocycles. The highest BCUT2D eigenvalue weighted by Crippen LogP contribution is 2.40. The van der Waals surface area contributed by atoms with Crippen LogP contribution in [0.4, 0.5) is 5.69 Å². The highest BCUT2D eigenvalue weighted by atomic mass is 32.2. The van der Waals surface area contributed by atoms with E-state index < -0.39 is 10.0 Å². The van der Waals surface area contributed by atoms with Crippen molar-refractivity contribution in [3.8, 4) is 0 Å². The molecule has 1 aliphatic heterocycles. The van der Waals surface area contributed by atoms with Crippen LogP contribution >= 0.6 is 0 Å². The molecule has 0 amide bonds. The van der Waals surface area contributed by atoms with Gasteiger partial charge >= 0.3 is 0 Å². The Hall–Kier alpha value is -1.07. The van der Waals surface area contributed by atoms with Crippen molar-refractivity contribution in [3.63, 3.8) is 0 Å². The highest BCUT2D eigenvalue weighted by Gasteiger charge is 2.40. The van der Waals surface area contributed by atoms with E-state index in [1.807, 2.05) is 19.9 Å². The van der Waals surface area contributed by atoms with Crippen LogP contribution in [0.5, 0.6) is 0 Å². The second kappa shape index (κ2) is 4.21. The number of benzene rings is 1. The van der Waals surface area contributed by atoms with E-state index >= 15 is 0 Å². The monoisotopic (exact) mass is 280 g/mol. The first-order valence-corrected chi connectivity index (χ1v) is 8.28. The first kappa shape index (κ1) is 12.9. The maximum atomic E-state index is 12.4. The van der Waals surface area contributed by atoms with Crippen molar-refractivity contribution in [1.29, 1.82) is 0 Å². The minimum Gasteiger partial charge on any atom is -0.384 e. The zero-order chi connectivity index (χ0) is 13.7. The maximum Gasteiger partial charge on any atom is 0.241 e. The van der Waals surface area contributed by atoms with Gasteiger partial charge in [-0.15, -0.1) is 0 Å². The summed E-state index contributed by atoms with van der Waals surface area (Å²) < 4.78 is 27.8. The van der Waals surface area contributed by atoms with Gasteiger partial charge in [0, 0.05) is 17.8 Å². The van der Waals surface area contributed by atoms with E-state index in [1.165, 1.54) is 0 Å². The van der Waals surface area contributed by atoms with Crippen molar-refractivity contribution in [2.75, 3.05) is 11.9 Å². The van der Waals surface area contributed by atoms with E-state index in [0.29, 0.717) is 10.8 Å². The maximum absolute atomic E-state index is 12.4. The topological polar surface area (TPSA) is 58.2 Å². The minimum atomic E-state index is -3.42. The van der Waals surface area contributed by atoms with E-state index in [0.717, 1.165) is 37.1 Å². The lowest BCUT2D eigenvalue weighted by atomic mass is 10.0. The van der Waals surface area contributed by atoms with Crippen molar-refractivity contribution in [2.24, 2.45) is 5.92 Å². The van der Waals surface area contributed by atoms with Gasteiger partial charge in [-0.2, -0.15) is 0 Å². The molecule has 1 fully saturated rings. The summed E-state index contributed by atoms with van der Waals surface area (Å²) in [6, 6.07) is 5.34. The molecule has 5 heteroatoms. The predicted molar refractivity (Wildman–Crippen MR) is 75.8 cm³/mol. The van der Waals surface area contributed by atoms with Crippen LogP contribution in [0.25, 0.3) is 0 Å². The molecule has 0 saturated heterocycles. The summed E-state index contributed by atoms with van der Waals surface area (Å²) in [7, 11) is -3.42. The fraction of sp³-hybridized carbons (Fsp3) is 0.571. The van der Waals surface area contributed by atoms with Crippen molar-refractivity contribution in [3.05, 3.63) is 23.8 Å². The lowest BCUT2D eigenvalue weighted by Crippen LogP contribution is -2.45. The lowest BCUT2D eigenvalue weighted by molar-refractivity contribution is 0.400. The van der Waals surface area contributed by atoms with Gasteiger partial charge in [-0.1, -0.05) is 0 Å². The number of rotatable bonds is 4. The van der Waals surface area contributed by atoms with Crippen LogP contribution in [0, 0.1) is 5.92 Å². The first-order chi connectivity index (χ1) is 8.88.